The molecular weight excluding hydrogens is 289 g/mol. The van der Waals surface area contributed by atoms with Crippen molar-refractivity contribution in [2.75, 3.05) is 6.54 Å². The van der Waals surface area contributed by atoms with Gasteiger partial charge in [-0.25, -0.2) is 4.39 Å². The van der Waals surface area contributed by atoms with Gasteiger partial charge in [-0.2, -0.15) is 0 Å². The molecule has 0 aliphatic rings. The van der Waals surface area contributed by atoms with Crippen LogP contribution in [0.25, 0.3) is 0 Å². The maximum Gasteiger partial charge on any atom is 0.220 e. The zero-order valence-electron chi connectivity index (χ0n) is 11.8. The molecule has 2 aromatic rings. The van der Waals surface area contributed by atoms with Gasteiger partial charge in [0, 0.05) is 11.3 Å². The van der Waals surface area contributed by atoms with E-state index in [1.807, 2.05) is 17.5 Å². The lowest BCUT2D eigenvalue weighted by Crippen LogP contribution is -2.38. The maximum atomic E-state index is 12.9. The molecule has 2 rings (SSSR count). The molecule has 0 fully saturated rings. The fourth-order valence-electron chi connectivity index (χ4n) is 1.96. The lowest BCUT2D eigenvalue weighted by molar-refractivity contribution is -0.122. The zero-order chi connectivity index (χ0) is 15.3. The lowest BCUT2D eigenvalue weighted by atomic mass is 9.96. The number of nitrogens with one attached hydrogen (secondary N) is 1. The van der Waals surface area contributed by atoms with Crippen molar-refractivity contribution >= 4 is 17.2 Å². The molecule has 0 saturated heterocycles. The van der Waals surface area contributed by atoms with Crippen molar-refractivity contribution in [3.8, 4) is 0 Å². The first-order chi connectivity index (χ1) is 9.97. The number of carbonyl (C=O) groups is 1. The van der Waals surface area contributed by atoms with Crippen LogP contribution in [0.2, 0.25) is 0 Å². The van der Waals surface area contributed by atoms with Crippen LogP contribution in [0.15, 0.2) is 41.8 Å². The van der Waals surface area contributed by atoms with E-state index in [1.54, 1.807) is 18.3 Å². The summed E-state index contributed by atoms with van der Waals surface area (Å²) in [5.41, 5.74) is -0.644. The minimum absolute atomic E-state index is 0.0991. The fraction of sp³-hybridized carbons (Fsp3) is 0.312. The molecule has 1 atom stereocenters. The summed E-state index contributed by atoms with van der Waals surface area (Å²) in [4.78, 5) is 13.0. The van der Waals surface area contributed by atoms with Gasteiger partial charge in [-0.05, 0) is 42.5 Å². The molecule has 1 heterocycles. The third kappa shape index (κ3) is 4.65. The molecule has 2 N–H and O–H groups in total. The van der Waals surface area contributed by atoms with Crippen LogP contribution in [0.1, 0.15) is 23.8 Å². The first-order valence-electron chi connectivity index (χ1n) is 6.75. The summed E-state index contributed by atoms with van der Waals surface area (Å²) < 4.78 is 12.9. The van der Waals surface area contributed by atoms with E-state index >= 15 is 0 Å². The third-order valence-electron chi connectivity index (χ3n) is 3.27. The normalized spacial score (nSPS) is 13.7. The van der Waals surface area contributed by atoms with Gasteiger partial charge in [-0.1, -0.05) is 18.2 Å². The smallest absolute Gasteiger partial charge is 0.220 e. The van der Waals surface area contributed by atoms with E-state index in [-0.39, 0.29) is 18.3 Å². The van der Waals surface area contributed by atoms with Gasteiger partial charge in [0.2, 0.25) is 5.91 Å². The molecule has 1 unspecified atom stereocenters. The molecule has 112 valence electrons. The van der Waals surface area contributed by atoms with E-state index in [1.165, 1.54) is 24.3 Å². The Morgan fingerprint density at radius 1 is 1.33 bits per heavy atom. The third-order valence-corrected chi connectivity index (χ3v) is 4.21. The molecule has 21 heavy (non-hydrogen) atoms. The molecule has 0 bridgehead atoms. The molecule has 0 aliphatic carbocycles. The Morgan fingerprint density at radius 3 is 2.67 bits per heavy atom. The van der Waals surface area contributed by atoms with Crippen molar-refractivity contribution < 1.29 is 14.3 Å². The second-order valence-corrected chi connectivity index (χ2v) is 6.17. The highest BCUT2D eigenvalue weighted by Gasteiger charge is 2.23. The summed E-state index contributed by atoms with van der Waals surface area (Å²) in [6.07, 6.45) is 1.09. The highest BCUT2D eigenvalue weighted by molar-refractivity contribution is 7.09. The summed E-state index contributed by atoms with van der Waals surface area (Å²) in [5.74, 6) is -0.458. The number of hydrogen-bond acceptors (Lipinski definition) is 3. The topological polar surface area (TPSA) is 49.3 Å². The number of rotatable bonds is 6. The SMILES string of the molecule is CC(O)(CNC(=O)CCc1cccs1)c1ccc(F)cc1. The van der Waals surface area contributed by atoms with Crippen LogP contribution in [-0.4, -0.2) is 17.6 Å². The summed E-state index contributed by atoms with van der Waals surface area (Å²) >= 11 is 1.62. The van der Waals surface area contributed by atoms with Crippen molar-refractivity contribution in [3.05, 3.63) is 58.0 Å². The average molecular weight is 307 g/mol. The predicted molar refractivity (Wildman–Crippen MR) is 81.6 cm³/mol. The molecule has 1 amide bonds. The Hall–Kier alpha value is -1.72. The van der Waals surface area contributed by atoms with Gasteiger partial charge in [0.15, 0.2) is 0 Å². The largest absolute Gasteiger partial charge is 0.384 e. The number of aliphatic hydroxyl groups is 1. The van der Waals surface area contributed by atoms with E-state index in [2.05, 4.69) is 5.32 Å². The molecule has 1 aromatic carbocycles. The van der Waals surface area contributed by atoms with Gasteiger partial charge < -0.3 is 10.4 Å². The van der Waals surface area contributed by atoms with Crippen LogP contribution in [0.3, 0.4) is 0 Å². The van der Waals surface area contributed by atoms with Crippen molar-refractivity contribution in [2.24, 2.45) is 0 Å². The average Bonchev–Trinajstić information content (AvgIpc) is 2.97. The molecule has 0 saturated carbocycles. The van der Waals surface area contributed by atoms with Crippen LogP contribution in [0, 0.1) is 5.82 Å². The first kappa shape index (κ1) is 15.7. The maximum absolute atomic E-state index is 12.9. The molecule has 5 heteroatoms. The van der Waals surface area contributed by atoms with Gasteiger partial charge in [0.05, 0.1) is 6.54 Å². The number of halogens is 1. The zero-order valence-corrected chi connectivity index (χ0v) is 12.6. The summed E-state index contributed by atoms with van der Waals surface area (Å²) in [6, 6.07) is 9.58. The number of aryl methyl sites for hydroxylation is 1. The summed E-state index contributed by atoms with van der Waals surface area (Å²) in [6.45, 7) is 1.70. The van der Waals surface area contributed by atoms with E-state index in [9.17, 15) is 14.3 Å². The predicted octanol–water partition coefficient (Wildman–Crippen LogP) is 2.84. The van der Waals surface area contributed by atoms with E-state index in [0.717, 1.165) is 4.88 Å². The number of hydrogen-bond donors (Lipinski definition) is 2. The highest BCUT2D eigenvalue weighted by atomic mass is 32.1. The van der Waals surface area contributed by atoms with Crippen LogP contribution in [-0.2, 0) is 16.8 Å². The van der Waals surface area contributed by atoms with Gasteiger partial charge in [-0.3, -0.25) is 4.79 Å². The molecule has 3 nitrogen and oxygen atoms in total. The van der Waals surface area contributed by atoms with Crippen molar-refractivity contribution in [1.29, 1.82) is 0 Å². The minimum atomic E-state index is -1.22. The fourth-order valence-corrected chi connectivity index (χ4v) is 2.67. The second kappa shape index (κ2) is 6.83. The Labute approximate surface area is 127 Å². The molecule has 0 radical (unpaired) electrons. The number of carbonyl (C=O) groups excluding carboxylic acids is 1. The number of amides is 1. The van der Waals surface area contributed by atoms with E-state index in [0.29, 0.717) is 18.4 Å². The summed E-state index contributed by atoms with van der Waals surface area (Å²) in [5, 5.41) is 15.0. The minimum Gasteiger partial charge on any atom is -0.384 e. The standard InChI is InChI=1S/C16H18FNO2S/c1-16(20,12-4-6-13(17)7-5-12)11-18-15(19)9-8-14-3-2-10-21-14/h2-7,10,20H,8-9,11H2,1H3,(H,18,19). The molecule has 0 aliphatic heterocycles. The Kier molecular flexibility index (Phi) is 5.09. The van der Waals surface area contributed by atoms with Crippen molar-refractivity contribution in [3.63, 3.8) is 0 Å². The molecule has 0 spiro atoms. The summed E-state index contributed by atoms with van der Waals surface area (Å²) in [7, 11) is 0. The van der Waals surface area contributed by atoms with Crippen LogP contribution < -0.4 is 5.32 Å². The van der Waals surface area contributed by atoms with E-state index < -0.39 is 5.60 Å². The Balaban J connectivity index is 1.83. The second-order valence-electron chi connectivity index (χ2n) is 5.14. The van der Waals surface area contributed by atoms with Gasteiger partial charge in [0.1, 0.15) is 11.4 Å². The number of benzene rings is 1. The quantitative estimate of drug-likeness (QED) is 0.862. The molecular formula is C16H18FNO2S. The van der Waals surface area contributed by atoms with Gasteiger partial charge >= 0.3 is 0 Å². The van der Waals surface area contributed by atoms with Gasteiger partial charge in [-0.15, -0.1) is 11.3 Å². The van der Waals surface area contributed by atoms with Crippen LogP contribution in [0.5, 0.6) is 0 Å². The van der Waals surface area contributed by atoms with Gasteiger partial charge in [0.25, 0.3) is 0 Å². The monoisotopic (exact) mass is 307 g/mol. The molecule has 1 aromatic heterocycles. The van der Waals surface area contributed by atoms with Crippen molar-refractivity contribution in [1.82, 2.24) is 5.32 Å². The van der Waals surface area contributed by atoms with Crippen LogP contribution >= 0.6 is 11.3 Å². The lowest BCUT2D eigenvalue weighted by Gasteiger charge is -2.24. The Morgan fingerprint density at radius 2 is 2.05 bits per heavy atom. The first-order valence-corrected chi connectivity index (χ1v) is 7.63. The highest BCUT2D eigenvalue weighted by Crippen LogP contribution is 2.20. The van der Waals surface area contributed by atoms with Crippen LogP contribution in [0.4, 0.5) is 4.39 Å². The number of thiophene rings is 1. The Bertz CT molecular complexity index is 579. The van der Waals surface area contributed by atoms with Crippen molar-refractivity contribution in [2.45, 2.75) is 25.4 Å². The van der Waals surface area contributed by atoms with E-state index in [4.69, 9.17) is 0 Å².